The van der Waals surface area contributed by atoms with Crippen LogP contribution in [0.5, 0.6) is 0 Å². The van der Waals surface area contributed by atoms with Gasteiger partial charge in [0.1, 0.15) is 6.17 Å². The van der Waals surface area contributed by atoms with Gasteiger partial charge in [0.25, 0.3) is 0 Å². The summed E-state index contributed by atoms with van der Waals surface area (Å²) in [6.45, 7) is 0. The number of carbonyl (C=O) groups is 1. The second-order valence-electron chi connectivity index (χ2n) is 2.74. The Hall–Kier alpha value is -1.26. The number of rotatable bonds is 2. The van der Waals surface area contributed by atoms with E-state index < -0.39 is 36.1 Å². The highest BCUT2D eigenvalue weighted by Gasteiger charge is 2.26. The van der Waals surface area contributed by atoms with Crippen molar-refractivity contribution in [2.24, 2.45) is 5.92 Å². The first-order valence-electron chi connectivity index (χ1n) is 3.61. The molecule has 2 unspecified atom stereocenters. The third-order valence-corrected chi connectivity index (χ3v) is 1.71. The quantitative estimate of drug-likeness (QED) is 0.727. The summed E-state index contributed by atoms with van der Waals surface area (Å²) in [6.07, 6.45) is -1.20. The molecule has 0 amide bonds. The monoisotopic (exact) mass is 192 g/mol. The molecule has 1 aliphatic rings. The van der Waals surface area contributed by atoms with E-state index in [1.165, 1.54) is 0 Å². The van der Waals surface area contributed by atoms with Gasteiger partial charge in [0, 0.05) is 5.92 Å². The average Bonchev–Trinajstić information content (AvgIpc) is 1.99. The first-order chi connectivity index (χ1) is 6.00. The summed E-state index contributed by atoms with van der Waals surface area (Å²) in [7, 11) is 0. The molecule has 0 saturated carbocycles. The number of hydrogen-bond donors (Lipinski definition) is 1. The maximum absolute atomic E-state index is 12.8. The fourth-order valence-electron chi connectivity index (χ4n) is 1.08. The summed E-state index contributed by atoms with van der Waals surface area (Å²) in [5, 5.41) is 8.30. The Bertz CT molecular complexity index is 283. The molecule has 2 nitrogen and oxygen atoms in total. The summed E-state index contributed by atoms with van der Waals surface area (Å²) in [6, 6.07) is 0. The fourth-order valence-corrected chi connectivity index (χ4v) is 1.08. The summed E-state index contributed by atoms with van der Waals surface area (Å²) in [5.41, 5.74) is 0. The molecule has 0 radical (unpaired) electrons. The number of carboxylic acid groups (broad SMARTS) is 1. The summed E-state index contributed by atoms with van der Waals surface area (Å²) >= 11 is 0. The predicted octanol–water partition coefficient (Wildman–Crippen LogP) is 2.14. The third kappa shape index (κ3) is 2.34. The maximum atomic E-state index is 12.8. The average molecular weight is 192 g/mol. The lowest BCUT2D eigenvalue weighted by atomic mass is 9.95. The van der Waals surface area contributed by atoms with Crippen molar-refractivity contribution in [3.05, 3.63) is 23.8 Å². The van der Waals surface area contributed by atoms with E-state index in [1.54, 1.807) is 0 Å². The zero-order chi connectivity index (χ0) is 10.0. The van der Waals surface area contributed by atoms with Gasteiger partial charge in [-0.1, -0.05) is 0 Å². The Balaban J connectivity index is 2.75. The normalized spacial score (nSPS) is 27.9. The number of carboxylic acids is 1. The Morgan fingerprint density at radius 1 is 1.38 bits per heavy atom. The molecule has 0 saturated heterocycles. The first-order valence-corrected chi connectivity index (χ1v) is 3.61. The Labute approximate surface area is 72.4 Å². The molecule has 0 fully saturated rings. The van der Waals surface area contributed by atoms with Crippen LogP contribution in [0.2, 0.25) is 0 Å². The van der Waals surface area contributed by atoms with Crippen LogP contribution in [0.15, 0.2) is 23.8 Å². The van der Waals surface area contributed by atoms with Crippen molar-refractivity contribution in [3.8, 4) is 0 Å². The molecule has 1 rings (SSSR count). The number of allylic oxidation sites excluding steroid dienone is 4. The minimum Gasteiger partial charge on any atom is -0.481 e. The molecule has 0 aromatic carbocycles. The number of aliphatic carboxylic acids is 1. The lowest BCUT2D eigenvalue weighted by Gasteiger charge is -2.16. The molecule has 0 heterocycles. The van der Waals surface area contributed by atoms with Crippen molar-refractivity contribution in [1.82, 2.24) is 0 Å². The highest BCUT2D eigenvalue weighted by Crippen LogP contribution is 2.28. The topological polar surface area (TPSA) is 37.3 Å². The summed E-state index contributed by atoms with van der Waals surface area (Å²) in [5.74, 6) is -4.82. The van der Waals surface area contributed by atoms with Crippen LogP contribution in [-0.4, -0.2) is 17.2 Å². The van der Waals surface area contributed by atoms with E-state index >= 15 is 0 Å². The van der Waals surface area contributed by atoms with Crippen LogP contribution < -0.4 is 0 Å². The van der Waals surface area contributed by atoms with Gasteiger partial charge >= 0.3 is 5.97 Å². The summed E-state index contributed by atoms with van der Waals surface area (Å²) < 4.78 is 37.7. The molecule has 0 bridgehead atoms. The Kier molecular flexibility index (Phi) is 2.75. The van der Waals surface area contributed by atoms with Gasteiger partial charge in [0.05, 0.1) is 6.42 Å². The molecule has 5 heteroatoms. The van der Waals surface area contributed by atoms with Crippen molar-refractivity contribution < 1.29 is 23.1 Å². The highest BCUT2D eigenvalue weighted by atomic mass is 19.2. The summed E-state index contributed by atoms with van der Waals surface area (Å²) in [4.78, 5) is 10.2. The third-order valence-electron chi connectivity index (χ3n) is 1.71. The minimum absolute atomic E-state index is 0.447. The van der Waals surface area contributed by atoms with Gasteiger partial charge in [-0.05, 0) is 12.2 Å². The van der Waals surface area contributed by atoms with Gasteiger partial charge in [0.15, 0.2) is 11.7 Å². The molecule has 0 aromatic heterocycles. The van der Waals surface area contributed by atoms with Gasteiger partial charge in [-0.15, -0.1) is 0 Å². The lowest BCUT2D eigenvalue weighted by Crippen LogP contribution is -2.19. The van der Waals surface area contributed by atoms with Crippen molar-refractivity contribution in [1.29, 1.82) is 0 Å². The predicted molar refractivity (Wildman–Crippen MR) is 39.0 cm³/mol. The fraction of sp³-hybridized carbons (Fsp3) is 0.375. The van der Waals surface area contributed by atoms with Crippen LogP contribution in [0.4, 0.5) is 13.2 Å². The SMILES string of the molecule is O=C(O)CC1C=C(F)C(F)=CC1F. The number of hydrogen-bond acceptors (Lipinski definition) is 1. The van der Waals surface area contributed by atoms with E-state index in [-0.39, 0.29) is 0 Å². The molecule has 2 atom stereocenters. The van der Waals surface area contributed by atoms with Gasteiger partial charge in [-0.3, -0.25) is 4.79 Å². The minimum atomic E-state index is -1.77. The smallest absolute Gasteiger partial charge is 0.304 e. The van der Waals surface area contributed by atoms with Gasteiger partial charge in [-0.25, -0.2) is 13.2 Å². The largest absolute Gasteiger partial charge is 0.481 e. The number of halogens is 3. The molecule has 0 aromatic rings. The zero-order valence-corrected chi connectivity index (χ0v) is 6.51. The zero-order valence-electron chi connectivity index (χ0n) is 6.51. The van der Waals surface area contributed by atoms with Crippen LogP contribution in [-0.2, 0) is 4.79 Å². The van der Waals surface area contributed by atoms with Crippen molar-refractivity contribution in [3.63, 3.8) is 0 Å². The molecular formula is C8H7F3O2. The molecule has 1 N–H and O–H groups in total. The second kappa shape index (κ2) is 3.64. The highest BCUT2D eigenvalue weighted by molar-refractivity contribution is 5.67. The molecule has 1 aliphatic carbocycles. The molecule has 13 heavy (non-hydrogen) atoms. The van der Waals surface area contributed by atoms with Crippen LogP contribution in [0.3, 0.4) is 0 Å². The van der Waals surface area contributed by atoms with Crippen molar-refractivity contribution in [2.45, 2.75) is 12.6 Å². The van der Waals surface area contributed by atoms with Crippen molar-refractivity contribution >= 4 is 5.97 Å². The van der Waals surface area contributed by atoms with Gasteiger partial charge < -0.3 is 5.11 Å². The van der Waals surface area contributed by atoms with E-state index in [0.717, 1.165) is 0 Å². The van der Waals surface area contributed by atoms with Gasteiger partial charge in [-0.2, -0.15) is 0 Å². The van der Waals surface area contributed by atoms with Gasteiger partial charge in [0.2, 0.25) is 0 Å². The lowest BCUT2D eigenvalue weighted by molar-refractivity contribution is -0.138. The van der Waals surface area contributed by atoms with E-state index in [0.29, 0.717) is 12.2 Å². The van der Waals surface area contributed by atoms with E-state index in [9.17, 15) is 18.0 Å². The molecule has 72 valence electrons. The maximum Gasteiger partial charge on any atom is 0.304 e. The van der Waals surface area contributed by atoms with E-state index in [4.69, 9.17) is 5.11 Å². The Morgan fingerprint density at radius 3 is 2.46 bits per heavy atom. The second-order valence-corrected chi connectivity index (χ2v) is 2.74. The molecule has 0 spiro atoms. The number of alkyl halides is 1. The van der Waals surface area contributed by atoms with Crippen LogP contribution >= 0.6 is 0 Å². The van der Waals surface area contributed by atoms with Crippen LogP contribution in [0, 0.1) is 5.92 Å². The Morgan fingerprint density at radius 2 is 1.92 bits per heavy atom. The molecular weight excluding hydrogens is 185 g/mol. The van der Waals surface area contributed by atoms with Crippen molar-refractivity contribution in [2.75, 3.05) is 0 Å². The first kappa shape index (κ1) is 9.83. The standard InChI is InChI=1S/C8H7F3O2/c9-5-3-7(11)6(10)1-4(5)2-8(12)13/h1,3-5H,2H2,(H,12,13). The van der Waals surface area contributed by atoms with E-state index in [1.807, 2.05) is 0 Å². The van der Waals surface area contributed by atoms with Crippen LogP contribution in [0.1, 0.15) is 6.42 Å². The molecule has 0 aliphatic heterocycles. The van der Waals surface area contributed by atoms with Crippen LogP contribution in [0.25, 0.3) is 0 Å². The van der Waals surface area contributed by atoms with E-state index in [2.05, 4.69) is 0 Å².